The summed E-state index contributed by atoms with van der Waals surface area (Å²) in [4.78, 5) is 12.8. The zero-order valence-corrected chi connectivity index (χ0v) is 15.2. The van der Waals surface area contributed by atoms with Gasteiger partial charge in [-0.1, -0.05) is 31.2 Å². The first-order chi connectivity index (χ1) is 12.0. The van der Waals surface area contributed by atoms with Gasteiger partial charge in [0.25, 0.3) is 5.69 Å². The van der Waals surface area contributed by atoms with Crippen molar-refractivity contribution in [2.24, 2.45) is 0 Å². The van der Waals surface area contributed by atoms with Gasteiger partial charge in [-0.05, 0) is 43.5 Å². The van der Waals surface area contributed by atoms with Crippen molar-refractivity contribution in [3.05, 3.63) is 69.8 Å². The first kappa shape index (κ1) is 18.9. The average Bonchev–Trinajstić information content (AvgIpc) is 2.60. The highest BCUT2D eigenvalue weighted by Gasteiger charge is 2.13. The Kier molecular flexibility index (Phi) is 6.95. The van der Waals surface area contributed by atoms with Gasteiger partial charge in [0.2, 0.25) is 0 Å². The number of benzene rings is 2. The van der Waals surface area contributed by atoms with Gasteiger partial charge >= 0.3 is 0 Å². The highest BCUT2D eigenvalue weighted by molar-refractivity contribution is 5.45. The molecular formula is C20H27N3O2. The maximum atomic E-state index is 10.8. The van der Waals surface area contributed by atoms with E-state index in [0.29, 0.717) is 6.04 Å². The van der Waals surface area contributed by atoms with Crippen molar-refractivity contribution in [2.75, 3.05) is 18.4 Å². The second-order valence-corrected chi connectivity index (χ2v) is 6.45. The minimum atomic E-state index is -0.359. The van der Waals surface area contributed by atoms with E-state index in [2.05, 4.69) is 55.3 Å². The van der Waals surface area contributed by atoms with E-state index in [1.807, 2.05) is 12.1 Å². The van der Waals surface area contributed by atoms with Gasteiger partial charge in [-0.3, -0.25) is 15.0 Å². The molecule has 2 rings (SSSR count). The van der Waals surface area contributed by atoms with Gasteiger partial charge < -0.3 is 5.32 Å². The highest BCUT2D eigenvalue weighted by Crippen LogP contribution is 2.16. The Hall–Kier alpha value is -2.40. The minimum absolute atomic E-state index is 0.139. The molecule has 0 bridgehead atoms. The first-order valence-corrected chi connectivity index (χ1v) is 8.77. The van der Waals surface area contributed by atoms with Crippen LogP contribution < -0.4 is 5.32 Å². The lowest BCUT2D eigenvalue weighted by atomic mass is 10.1. The number of nitrogens with one attached hydrogen (secondary N) is 1. The number of non-ortho nitro benzene ring substituents is 1. The summed E-state index contributed by atoms with van der Waals surface area (Å²) in [5.41, 5.74) is 3.62. The van der Waals surface area contributed by atoms with Gasteiger partial charge in [0, 0.05) is 43.5 Å². The van der Waals surface area contributed by atoms with E-state index < -0.39 is 0 Å². The third kappa shape index (κ3) is 5.87. The molecule has 0 aliphatic carbocycles. The van der Waals surface area contributed by atoms with Gasteiger partial charge in [0.1, 0.15) is 0 Å². The summed E-state index contributed by atoms with van der Waals surface area (Å²) < 4.78 is 0. The number of rotatable bonds is 9. The second-order valence-electron chi connectivity index (χ2n) is 6.45. The fourth-order valence-corrected chi connectivity index (χ4v) is 2.77. The molecule has 134 valence electrons. The third-order valence-electron chi connectivity index (χ3n) is 4.49. The zero-order chi connectivity index (χ0) is 18.2. The monoisotopic (exact) mass is 341 g/mol. The molecule has 2 aromatic carbocycles. The molecule has 0 spiro atoms. The van der Waals surface area contributed by atoms with E-state index in [4.69, 9.17) is 0 Å². The molecule has 0 aliphatic heterocycles. The first-order valence-electron chi connectivity index (χ1n) is 8.77. The maximum Gasteiger partial charge on any atom is 0.269 e. The number of aryl methyl sites for hydroxylation is 1. The molecule has 5 heteroatoms. The fourth-order valence-electron chi connectivity index (χ4n) is 2.77. The normalized spacial score (nSPS) is 12.2. The predicted octanol–water partition coefficient (Wildman–Crippen LogP) is 4.62. The fraction of sp³-hybridized carbons (Fsp3) is 0.400. The third-order valence-corrected chi connectivity index (χ3v) is 4.49. The summed E-state index contributed by atoms with van der Waals surface area (Å²) in [6, 6.07) is 15.7. The molecule has 0 aliphatic rings. The van der Waals surface area contributed by atoms with E-state index in [-0.39, 0.29) is 10.6 Å². The zero-order valence-electron chi connectivity index (χ0n) is 15.2. The van der Waals surface area contributed by atoms with Crippen LogP contribution in [0.3, 0.4) is 0 Å². The van der Waals surface area contributed by atoms with Crippen LogP contribution in [0.1, 0.15) is 31.4 Å². The number of nitro benzene ring substituents is 1. The van der Waals surface area contributed by atoms with Crippen molar-refractivity contribution in [1.29, 1.82) is 0 Å². The topological polar surface area (TPSA) is 58.4 Å². The van der Waals surface area contributed by atoms with Crippen LogP contribution in [0.25, 0.3) is 0 Å². The lowest BCUT2D eigenvalue weighted by molar-refractivity contribution is -0.384. The maximum absolute atomic E-state index is 10.8. The van der Waals surface area contributed by atoms with E-state index in [0.717, 1.165) is 37.3 Å². The number of nitrogens with zero attached hydrogens (tertiary/aromatic N) is 2. The lowest BCUT2D eigenvalue weighted by Gasteiger charge is -2.28. The largest absolute Gasteiger partial charge is 0.384 e. The van der Waals surface area contributed by atoms with Crippen LogP contribution in [0.15, 0.2) is 48.5 Å². The lowest BCUT2D eigenvalue weighted by Crippen LogP contribution is -2.35. The quantitative estimate of drug-likeness (QED) is 0.534. The molecule has 0 heterocycles. The number of nitro groups is 1. The molecule has 25 heavy (non-hydrogen) atoms. The number of hydrogen-bond acceptors (Lipinski definition) is 4. The number of hydrogen-bond donors (Lipinski definition) is 1. The Labute approximate surface area is 149 Å². The van der Waals surface area contributed by atoms with Crippen LogP contribution in [0.4, 0.5) is 11.4 Å². The smallest absolute Gasteiger partial charge is 0.269 e. The molecule has 0 radical (unpaired) electrons. The van der Waals surface area contributed by atoms with E-state index in [1.165, 1.54) is 5.56 Å². The Morgan fingerprint density at radius 3 is 2.52 bits per heavy atom. The van der Waals surface area contributed by atoms with Gasteiger partial charge in [0.15, 0.2) is 0 Å². The Balaban J connectivity index is 1.95. The minimum Gasteiger partial charge on any atom is -0.384 e. The van der Waals surface area contributed by atoms with Crippen molar-refractivity contribution in [1.82, 2.24) is 4.90 Å². The van der Waals surface area contributed by atoms with Gasteiger partial charge in [0.05, 0.1) is 4.92 Å². The van der Waals surface area contributed by atoms with Crippen LogP contribution in [-0.4, -0.2) is 29.0 Å². The molecule has 0 fully saturated rings. The summed E-state index contributed by atoms with van der Waals surface area (Å²) in [7, 11) is 0. The molecule has 2 aromatic rings. The standard InChI is InChI=1S/C20H27N3O2/c1-4-17(3)22(13-12-21-19-7-5-6-16(2)14-19)15-18-8-10-20(11-9-18)23(24)25/h5-11,14,17,21H,4,12-13,15H2,1-3H3. The summed E-state index contributed by atoms with van der Waals surface area (Å²) >= 11 is 0. The van der Waals surface area contributed by atoms with E-state index >= 15 is 0 Å². The van der Waals surface area contributed by atoms with Gasteiger partial charge in [-0.15, -0.1) is 0 Å². The number of anilines is 1. The molecule has 1 atom stereocenters. The molecule has 0 saturated heterocycles. The van der Waals surface area contributed by atoms with Gasteiger partial charge in [-0.25, -0.2) is 0 Å². The summed E-state index contributed by atoms with van der Waals surface area (Å²) in [5.74, 6) is 0. The van der Waals surface area contributed by atoms with Crippen molar-refractivity contribution in [3.8, 4) is 0 Å². The second kappa shape index (κ2) is 9.18. The molecule has 1 N–H and O–H groups in total. The Morgan fingerprint density at radius 1 is 1.20 bits per heavy atom. The molecule has 0 aromatic heterocycles. The SMILES string of the molecule is CCC(C)N(CCNc1cccc(C)c1)Cc1ccc([N+](=O)[O-])cc1. The van der Waals surface area contributed by atoms with E-state index in [1.54, 1.807) is 12.1 Å². The van der Waals surface area contributed by atoms with Crippen LogP contribution in [0.2, 0.25) is 0 Å². The molecule has 0 saturated carbocycles. The molecular weight excluding hydrogens is 314 g/mol. The summed E-state index contributed by atoms with van der Waals surface area (Å²) in [6.45, 7) is 9.06. The van der Waals surface area contributed by atoms with Crippen LogP contribution >= 0.6 is 0 Å². The van der Waals surface area contributed by atoms with Crippen molar-refractivity contribution < 1.29 is 4.92 Å². The summed E-state index contributed by atoms with van der Waals surface area (Å²) in [5, 5.41) is 14.2. The Bertz CT molecular complexity index is 686. The molecule has 1 unspecified atom stereocenters. The predicted molar refractivity (Wildman–Crippen MR) is 103 cm³/mol. The van der Waals surface area contributed by atoms with Crippen molar-refractivity contribution in [3.63, 3.8) is 0 Å². The molecule has 5 nitrogen and oxygen atoms in total. The molecule has 0 amide bonds. The Morgan fingerprint density at radius 2 is 1.92 bits per heavy atom. The van der Waals surface area contributed by atoms with Crippen molar-refractivity contribution >= 4 is 11.4 Å². The average molecular weight is 341 g/mol. The van der Waals surface area contributed by atoms with Crippen LogP contribution in [0, 0.1) is 17.0 Å². The van der Waals surface area contributed by atoms with Gasteiger partial charge in [-0.2, -0.15) is 0 Å². The van der Waals surface area contributed by atoms with Crippen molar-refractivity contribution in [2.45, 2.75) is 39.8 Å². The van der Waals surface area contributed by atoms with Crippen LogP contribution in [-0.2, 0) is 6.54 Å². The van der Waals surface area contributed by atoms with Crippen LogP contribution in [0.5, 0.6) is 0 Å². The van der Waals surface area contributed by atoms with E-state index in [9.17, 15) is 10.1 Å². The highest BCUT2D eigenvalue weighted by atomic mass is 16.6. The summed E-state index contributed by atoms with van der Waals surface area (Å²) in [6.07, 6.45) is 1.07.